The fraction of sp³-hybridized carbons (Fsp3) is 0.467. The van der Waals surface area contributed by atoms with Gasteiger partial charge in [0.05, 0.1) is 6.04 Å². The molecule has 0 aromatic heterocycles. The molecule has 0 fully saturated rings. The number of carbonyl (C=O) groups is 2. The molecule has 5 heteroatoms. The normalized spacial score (nSPS) is 12.0. The number of hydrogen-bond acceptors (Lipinski definition) is 3. The third-order valence-corrected chi connectivity index (χ3v) is 2.92. The lowest BCUT2D eigenvalue weighted by molar-refractivity contribution is -0.139. The van der Waals surface area contributed by atoms with Crippen LogP contribution in [-0.4, -0.2) is 43.9 Å². The molecule has 20 heavy (non-hydrogen) atoms. The summed E-state index contributed by atoms with van der Waals surface area (Å²) in [5.41, 5.74) is 0.973. The molecule has 0 aliphatic heterocycles. The van der Waals surface area contributed by atoms with Gasteiger partial charge < -0.3 is 15.5 Å². The van der Waals surface area contributed by atoms with Crippen LogP contribution in [0.1, 0.15) is 24.9 Å². The summed E-state index contributed by atoms with van der Waals surface area (Å²) >= 11 is 0. The maximum absolute atomic E-state index is 11.7. The van der Waals surface area contributed by atoms with E-state index in [2.05, 4.69) is 10.6 Å². The van der Waals surface area contributed by atoms with Gasteiger partial charge in [-0.25, -0.2) is 0 Å². The monoisotopic (exact) mass is 277 g/mol. The van der Waals surface area contributed by atoms with E-state index in [0.717, 1.165) is 18.5 Å². The van der Waals surface area contributed by atoms with Crippen molar-refractivity contribution in [3.8, 4) is 0 Å². The summed E-state index contributed by atoms with van der Waals surface area (Å²) in [5, 5.41) is 5.30. The van der Waals surface area contributed by atoms with Gasteiger partial charge in [0, 0.05) is 6.54 Å². The molecular weight excluding hydrogens is 254 g/mol. The fourth-order valence-corrected chi connectivity index (χ4v) is 1.76. The average molecular weight is 277 g/mol. The summed E-state index contributed by atoms with van der Waals surface area (Å²) in [6.45, 7) is 3.24. The number of hydrogen-bond donors (Lipinski definition) is 2. The number of nitrogens with one attached hydrogen (secondary N) is 2. The molecule has 0 bridgehead atoms. The Morgan fingerprint density at radius 3 is 2.40 bits per heavy atom. The van der Waals surface area contributed by atoms with Crippen LogP contribution in [0.4, 0.5) is 0 Å². The van der Waals surface area contributed by atoms with Crippen LogP contribution in [0, 0.1) is 0 Å². The molecule has 0 spiro atoms. The molecule has 0 aliphatic rings. The van der Waals surface area contributed by atoms with Crippen molar-refractivity contribution in [3.05, 3.63) is 35.9 Å². The summed E-state index contributed by atoms with van der Waals surface area (Å²) in [7, 11) is 3.94. The molecule has 1 atom stereocenters. The second kappa shape index (κ2) is 8.32. The first-order valence-electron chi connectivity index (χ1n) is 6.79. The Morgan fingerprint density at radius 2 is 1.80 bits per heavy atom. The number of rotatable bonds is 6. The highest BCUT2D eigenvalue weighted by Crippen LogP contribution is 2.10. The van der Waals surface area contributed by atoms with Gasteiger partial charge in [0.25, 0.3) is 0 Å². The van der Waals surface area contributed by atoms with E-state index < -0.39 is 11.8 Å². The van der Waals surface area contributed by atoms with E-state index in [1.807, 2.05) is 56.3 Å². The van der Waals surface area contributed by atoms with Crippen molar-refractivity contribution in [2.24, 2.45) is 0 Å². The maximum atomic E-state index is 11.7. The highest BCUT2D eigenvalue weighted by Gasteiger charge is 2.16. The van der Waals surface area contributed by atoms with Gasteiger partial charge in [-0.3, -0.25) is 9.59 Å². The van der Waals surface area contributed by atoms with E-state index in [1.54, 1.807) is 0 Å². The van der Waals surface area contributed by atoms with Crippen LogP contribution in [0.2, 0.25) is 0 Å². The molecule has 1 rings (SSSR count). The SMILES string of the molecule is C[C@H](NC(=O)C(=O)NCCCN(C)C)c1ccccc1. The molecule has 1 aromatic rings. The lowest BCUT2D eigenvalue weighted by atomic mass is 10.1. The molecule has 5 nitrogen and oxygen atoms in total. The van der Waals surface area contributed by atoms with E-state index in [1.165, 1.54) is 0 Å². The molecule has 1 aromatic carbocycles. The number of carbonyl (C=O) groups excluding carboxylic acids is 2. The second-order valence-electron chi connectivity index (χ2n) is 5.02. The van der Waals surface area contributed by atoms with Crippen LogP contribution in [0.25, 0.3) is 0 Å². The molecule has 0 aliphatic carbocycles. The van der Waals surface area contributed by atoms with Crippen LogP contribution in [-0.2, 0) is 9.59 Å². The summed E-state index contributed by atoms with van der Waals surface area (Å²) in [6, 6.07) is 9.37. The molecule has 0 saturated heterocycles. The van der Waals surface area contributed by atoms with E-state index in [0.29, 0.717) is 6.54 Å². The van der Waals surface area contributed by atoms with Crippen LogP contribution >= 0.6 is 0 Å². The van der Waals surface area contributed by atoms with Gasteiger partial charge in [0.1, 0.15) is 0 Å². The lowest BCUT2D eigenvalue weighted by Gasteiger charge is -2.14. The molecule has 0 unspecified atom stereocenters. The van der Waals surface area contributed by atoms with Gasteiger partial charge in [-0.05, 0) is 39.5 Å². The average Bonchev–Trinajstić information content (AvgIpc) is 2.44. The van der Waals surface area contributed by atoms with Gasteiger partial charge in [0.15, 0.2) is 0 Å². The van der Waals surface area contributed by atoms with E-state index in [4.69, 9.17) is 0 Å². The van der Waals surface area contributed by atoms with E-state index >= 15 is 0 Å². The molecule has 0 saturated carbocycles. The predicted molar refractivity (Wildman–Crippen MR) is 79.2 cm³/mol. The molecule has 110 valence electrons. The zero-order chi connectivity index (χ0) is 15.0. The largest absolute Gasteiger partial charge is 0.348 e. The molecule has 0 heterocycles. The molecular formula is C15H23N3O2. The van der Waals surface area contributed by atoms with Crippen molar-refractivity contribution in [1.29, 1.82) is 0 Å². The summed E-state index contributed by atoms with van der Waals surface area (Å²) in [4.78, 5) is 25.4. The zero-order valence-electron chi connectivity index (χ0n) is 12.3. The van der Waals surface area contributed by atoms with Gasteiger partial charge in [-0.15, -0.1) is 0 Å². The minimum atomic E-state index is -0.591. The third-order valence-electron chi connectivity index (χ3n) is 2.92. The molecule has 2 amide bonds. The van der Waals surface area contributed by atoms with Crippen molar-refractivity contribution in [2.75, 3.05) is 27.2 Å². The minimum Gasteiger partial charge on any atom is -0.348 e. The van der Waals surface area contributed by atoms with Gasteiger partial charge in [-0.1, -0.05) is 30.3 Å². The standard InChI is InChI=1S/C15H23N3O2/c1-12(13-8-5-4-6-9-13)17-15(20)14(19)16-10-7-11-18(2)3/h4-6,8-9,12H,7,10-11H2,1-3H3,(H,16,19)(H,17,20)/t12-/m0/s1. The van der Waals surface area contributed by atoms with Crippen LogP contribution in [0.3, 0.4) is 0 Å². The molecule has 2 N–H and O–H groups in total. The van der Waals surface area contributed by atoms with Gasteiger partial charge >= 0.3 is 11.8 Å². The van der Waals surface area contributed by atoms with E-state index in [-0.39, 0.29) is 6.04 Å². The summed E-state index contributed by atoms with van der Waals surface area (Å²) in [6.07, 6.45) is 0.820. The first-order valence-corrected chi connectivity index (χ1v) is 6.79. The van der Waals surface area contributed by atoms with Gasteiger partial charge in [0.2, 0.25) is 0 Å². The van der Waals surface area contributed by atoms with Crippen LogP contribution < -0.4 is 10.6 Å². The zero-order valence-corrected chi connectivity index (χ0v) is 12.3. The van der Waals surface area contributed by atoms with Crippen molar-refractivity contribution < 1.29 is 9.59 Å². The molecule has 0 radical (unpaired) electrons. The highest BCUT2D eigenvalue weighted by atomic mass is 16.2. The number of benzene rings is 1. The van der Waals surface area contributed by atoms with Gasteiger partial charge in [-0.2, -0.15) is 0 Å². The van der Waals surface area contributed by atoms with Crippen molar-refractivity contribution in [3.63, 3.8) is 0 Å². The Morgan fingerprint density at radius 1 is 1.15 bits per heavy atom. The third kappa shape index (κ3) is 5.84. The Labute approximate surface area is 120 Å². The van der Waals surface area contributed by atoms with Crippen molar-refractivity contribution >= 4 is 11.8 Å². The first kappa shape index (κ1) is 16.2. The number of amides is 2. The first-order chi connectivity index (χ1) is 9.50. The Balaban J connectivity index is 2.33. The minimum absolute atomic E-state index is 0.184. The fourth-order valence-electron chi connectivity index (χ4n) is 1.76. The highest BCUT2D eigenvalue weighted by molar-refractivity contribution is 6.35. The topological polar surface area (TPSA) is 61.4 Å². The van der Waals surface area contributed by atoms with Crippen molar-refractivity contribution in [1.82, 2.24) is 15.5 Å². The summed E-state index contributed by atoms with van der Waals surface area (Å²) < 4.78 is 0. The predicted octanol–water partition coefficient (Wildman–Crippen LogP) is 0.932. The Bertz CT molecular complexity index is 432. The van der Waals surface area contributed by atoms with Crippen molar-refractivity contribution in [2.45, 2.75) is 19.4 Å². The Kier molecular flexibility index (Phi) is 6.73. The quantitative estimate of drug-likeness (QED) is 0.601. The smallest absolute Gasteiger partial charge is 0.309 e. The number of nitrogens with zero attached hydrogens (tertiary/aromatic N) is 1. The maximum Gasteiger partial charge on any atom is 0.309 e. The van der Waals surface area contributed by atoms with Crippen LogP contribution in [0.5, 0.6) is 0 Å². The van der Waals surface area contributed by atoms with E-state index in [9.17, 15) is 9.59 Å². The van der Waals surface area contributed by atoms with Crippen LogP contribution in [0.15, 0.2) is 30.3 Å². The lowest BCUT2D eigenvalue weighted by Crippen LogP contribution is -2.41. The summed E-state index contributed by atoms with van der Waals surface area (Å²) in [5.74, 6) is -1.17. The second-order valence-corrected chi connectivity index (χ2v) is 5.02. The Hall–Kier alpha value is -1.88.